The molecule has 3 atom stereocenters. The molecule has 0 aromatic heterocycles. The van der Waals surface area contributed by atoms with Crippen molar-refractivity contribution >= 4 is 46.2 Å². The number of benzene rings is 1. The first-order valence-corrected chi connectivity index (χ1v) is 9.66. The third-order valence-corrected chi connectivity index (χ3v) is 6.75. The number of nitro benzene ring substituents is 1. The van der Waals surface area contributed by atoms with Crippen molar-refractivity contribution in [3.8, 4) is 5.75 Å². The first-order chi connectivity index (χ1) is 14.8. The number of aliphatic hydroxyl groups is 3. The fraction of sp³-hybridized carbons (Fsp3) is 0.316. The van der Waals surface area contributed by atoms with Gasteiger partial charge in [-0.3, -0.25) is 24.5 Å². The van der Waals surface area contributed by atoms with Crippen LogP contribution in [-0.2, 0) is 20.8 Å². The molecule has 3 aliphatic rings. The van der Waals surface area contributed by atoms with Gasteiger partial charge in [-0.15, -0.1) is 0 Å². The maximum atomic E-state index is 13.3. The topological polar surface area (TPSA) is 227 Å². The first kappa shape index (κ1) is 21.6. The Labute approximate surface area is 183 Å². The number of ketones is 2. The Bertz CT molecular complexity index is 1240. The van der Waals surface area contributed by atoms with Gasteiger partial charge in [-0.1, -0.05) is 11.6 Å². The lowest BCUT2D eigenvalue weighted by molar-refractivity contribution is -0.385. The number of rotatable bonds is 2. The smallest absolute Gasteiger partial charge is 0.294 e. The van der Waals surface area contributed by atoms with E-state index in [2.05, 4.69) is 0 Å². The van der Waals surface area contributed by atoms with Crippen LogP contribution in [0.3, 0.4) is 0 Å². The molecule has 3 aliphatic carbocycles. The fourth-order valence-corrected chi connectivity index (χ4v) is 5.19. The Balaban J connectivity index is 2.00. The number of nitrogens with two attached hydrogens (primary N) is 2. The Morgan fingerprint density at radius 3 is 2.41 bits per heavy atom. The molecule has 0 radical (unpaired) electrons. The number of phenolic OH excluding ortho intramolecular Hbond substituents is 1. The van der Waals surface area contributed by atoms with Gasteiger partial charge in [0.15, 0.2) is 17.1 Å². The minimum Gasteiger partial charge on any atom is -0.508 e. The van der Waals surface area contributed by atoms with E-state index in [1.165, 1.54) is 0 Å². The molecule has 2 unspecified atom stereocenters. The highest BCUT2D eigenvalue weighted by atomic mass is 35.5. The Morgan fingerprint density at radius 1 is 1.22 bits per heavy atom. The van der Waals surface area contributed by atoms with Gasteiger partial charge in [0, 0.05) is 23.5 Å². The number of nitrogens with zero attached hydrogens (tertiary/aromatic N) is 1. The number of amides is 1. The molecule has 0 bridgehead atoms. The van der Waals surface area contributed by atoms with Crippen LogP contribution in [0.2, 0.25) is 5.02 Å². The molecule has 1 saturated carbocycles. The van der Waals surface area contributed by atoms with Gasteiger partial charge in [0.1, 0.15) is 27.8 Å². The average molecular weight is 466 g/mol. The number of carbonyl (C=O) groups excluding carboxylic acids is 3. The molecule has 0 heterocycles. The van der Waals surface area contributed by atoms with Gasteiger partial charge in [-0.2, -0.15) is 0 Å². The molecule has 1 aromatic rings. The minimum absolute atomic E-state index is 0.164. The number of nitro groups is 1. The number of anilines is 1. The molecule has 1 fully saturated rings. The van der Waals surface area contributed by atoms with E-state index in [4.69, 9.17) is 23.1 Å². The van der Waals surface area contributed by atoms with Crippen molar-refractivity contribution in [2.24, 2.45) is 17.6 Å². The molecule has 0 aliphatic heterocycles. The molecule has 0 spiro atoms. The van der Waals surface area contributed by atoms with Crippen molar-refractivity contribution in [3.05, 3.63) is 43.2 Å². The Kier molecular flexibility index (Phi) is 4.50. The van der Waals surface area contributed by atoms with E-state index in [9.17, 15) is 44.9 Å². The van der Waals surface area contributed by atoms with Crippen molar-refractivity contribution < 1.29 is 39.7 Å². The van der Waals surface area contributed by atoms with Crippen LogP contribution in [0.5, 0.6) is 5.75 Å². The SMILES string of the molecule is NC(=O)C1=C(O)[C@@]2(O)C(=O)C3=C(O)c4c(O)c(N)c(Cl)c([N+](=O)[O-])c4CC3CC2CC1=O. The summed E-state index contributed by atoms with van der Waals surface area (Å²) in [6, 6.07) is 0. The monoisotopic (exact) mass is 465 g/mol. The zero-order valence-corrected chi connectivity index (χ0v) is 16.8. The van der Waals surface area contributed by atoms with Crippen molar-refractivity contribution in [1.29, 1.82) is 0 Å². The molecule has 1 amide bonds. The van der Waals surface area contributed by atoms with E-state index < -0.39 is 96.6 Å². The maximum Gasteiger partial charge on any atom is 0.294 e. The second-order valence-corrected chi connectivity index (χ2v) is 8.32. The first-order valence-electron chi connectivity index (χ1n) is 9.28. The maximum absolute atomic E-state index is 13.3. The van der Waals surface area contributed by atoms with Crippen LogP contribution in [-0.4, -0.2) is 48.4 Å². The van der Waals surface area contributed by atoms with Gasteiger partial charge in [0.2, 0.25) is 5.78 Å². The summed E-state index contributed by atoms with van der Waals surface area (Å²) in [5, 5.41) is 53.9. The number of halogens is 1. The highest BCUT2D eigenvalue weighted by Gasteiger charge is 2.60. The van der Waals surface area contributed by atoms with Crippen LogP contribution in [0.15, 0.2) is 16.9 Å². The van der Waals surface area contributed by atoms with Crippen LogP contribution in [0.25, 0.3) is 5.76 Å². The highest BCUT2D eigenvalue weighted by molar-refractivity contribution is 6.36. The van der Waals surface area contributed by atoms with Gasteiger partial charge < -0.3 is 31.9 Å². The summed E-state index contributed by atoms with van der Waals surface area (Å²) < 4.78 is 0. The highest BCUT2D eigenvalue weighted by Crippen LogP contribution is 2.55. The summed E-state index contributed by atoms with van der Waals surface area (Å²) in [6.45, 7) is 0. The van der Waals surface area contributed by atoms with Crippen LogP contribution in [0.1, 0.15) is 24.0 Å². The van der Waals surface area contributed by atoms with Crippen LogP contribution < -0.4 is 11.5 Å². The lowest BCUT2D eigenvalue weighted by Crippen LogP contribution is -2.58. The van der Waals surface area contributed by atoms with E-state index in [1.807, 2.05) is 0 Å². The van der Waals surface area contributed by atoms with Crippen LogP contribution in [0.4, 0.5) is 11.4 Å². The molecular weight excluding hydrogens is 450 g/mol. The van der Waals surface area contributed by atoms with Crippen molar-refractivity contribution in [2.75, 3.05) is 5.73 Å². The molecule has 8 N–H and O–H groups in total. The predicted molar refractivity (Wildman–Crippen MR) is 107 cm³/mol. The van der Waals surface area contributed by atoms with Crippen LogP contribution >= 0.6 is 11.6 Å². The second kappa shape index (κ2) is 6.68. The summed E-state index contributed by atoms with van der Waals surface area (Å²) in [4.78, 5) is 48.0. The lowest BCUT2D eigenvalue weighted by atomic mass is 9.59. The number of aliphatic hydroxyl groups excluding tert-OH is 2. The zero-order chi connectivity index (χ0) is 23.9. The van der Waals surface area contributed by atoms with E-state index >= 15 is 0 Å². The lowest BCUT2D eigenvalue weighted by Gasteiger charge is -2.45. The molecule has 0 saturated heterocycles. The number of fused-ring (bicyclic) bond motifs is 3. The van der Waals surface area contributed by atoms with Gasteiger partial charge in [-0.25, -0.2) is 0 Å². The largest absolute Gasteiger partial charge is 0.508 e. The third-order valence-electron chi connectivity index (χ3n) is 6.36. The standard InChI is InChI=1S/C19H16ClN3O9/c20-11-12(21)15(26)9-6(13(11)23(31)32)2-4-1-5-3-7(24)10(18(22)29)17(28)19(5,30)16(27)8(4)14(9)25/h4-5,25-26,28,30H,1-3,21H2,(H2,22,29)/t4?,5?,19-/m0/s1. The van der Waals surface area contributed by atoms with Crippen molar-refractivity contribution in [3.63, 3.8) is 0 Å². The zero-order valence-electron chi connectivity index (χ0n) is 16.1. The molecule has 13 heteroatoms. The molecule has 32 heavy (non-hydrogen) atoms. The number of hydrogen-bond acceptors (Lipinski definition) is 10. The summed E-state index contributed by atoms with van der Waals surface area (Å²) in [7, 11) is 0. The normalized spacial score (nSPS) is 27.1. The van der Waals surface area contributed by atoms with Crippen molar-refractivity contribution in [1.82, 2.24) is 0 Å². The second-order valence-electron chi connectivity index (χ2n) is 7.94. The van der Waals surface area contributed by atoms with Crippen molar-refractivity contribution in [2.45, 2.75) is 24.9 Å². The Hall–Kier alpha value is -3.64. The van der Waals surface area contributed by atoms with E-state index in [0.717, 1.165) is 0 Å². The summed E-state index contributed by atoms with van der Waals surface area (Å²) in [5.74, 6) is -8.44. The fourth-order valence-electron chi connectivity index (χ4n) is 4.91. The quantitative estimate of drug-likeness (QED) is 0.117. The number of carbonyl (C=O) groups is 3. The number of Topliss-reactive ketones (excluding diaryl/α,β-unsaturated/α-hetero) is 2. The predicted octanol–water partition coefficient (Wildman–Crippen LogP) is 0.568. The van der Waals surface area contributed by atoms with E-state index in [-0.39, 0.29) is 18.4 Å². The molecule has 1 aromatic carbocycles. The average Bonchev–Trinajstić information content (AvgIpc) is 2.68. The van der Waals surface area contributed by atoms with E-state index in [1.54, 1.807) is 0 Å². The number of primary amides is 1. The van der Waals surface area contributed by atoms with Crippen LogP contribution in [0, 0.1) is 22.0 Å². The summed E-state index contributed by atoms with van der Waals surface area (Å²) in [5.41, 5.74) is 4.75. The summed E-state index contributed by atoms with van der Waals surface area (Å²) in [6.07, 6.45) is -0.918. The number of phenols is 1. The molecular formula is C19H16ClN3O9. The molecule has 4 rings (SSSR count). The molecule has 168 valence electrons. The minimum atomic E-state index is -2.73. The van der Waals surface area contributed by atoms with Gasteiger partial charge in [0.05, 0.1) is 10.5 Å². The van der Waals surface area contributed by atoms with E-state index in [0.29, 0.717) is 0 Å². The molecule has 12 nitrogen and oxygen atoms in total. The third kappa shape index (κ3) is 2.50. The number of hydrogen-bond donors (Lipinski definition) is 6. The number of aromatic hydroxyl groups is 1. The van der Waals surface area contributed by atoms with Gasteiger partial charge in [0.25, 0.3) is 11.6 Å². The van der Waals surface area contributed by atoms with Gasteiger partial charge >= 0.3 is 0 Å². The van der Waals surface area contributed by atoms with Gasteiger partial charge in [-0.05, 0) is 18.8 Å². The summed E-state index contributed by atoms with van der Waals surface area (Å²) >= 11 is 5.94. The Morgan fingerprint density at radius 2 is 1.84 bits per heavy atom. The number of nitrogen functional groups attached to an aromatic ring is 1.